The molecule has 0 amide bonds. The molecule has 21 heavy (non-hydrogen) atoms. The van der Waals surface area contributed by atoms with E-state index in [2.05, 4.69) is 58.9 Å². The van der Waals surface area contributed by atoms with Gasteiger partial charge in [0, 0.05) is 17.0 Å². The second kappa shape index (κ2) is 6.20. The minimum atomic E-state index is -0.131. The molecule has 1 unspecified atom stereocenters. The number of rotatable bonds is 4. The zero-order chi connectivity index (χ0) is 14.7. The van der Waals surface area contributed by atoms with Gasteiger partial charge in [0.2, 0.25) is 0 Å². The summed E-state index contributed by atoms with van der Waals surface area (Å²) in [7, 11) is 0. The summed E-state index contributed by atoms with van der Waals surface area (Å²) in [6.45, 7) is 2.01. The molecular formula is C18H18N2S. The van der Waals surface area contributed by atoms with E-state index in [9.17, 15) is 0 Å². The van der Waals surface area contributed by atoms with Crippen molar-refractivity contribution >= 4 is 11.3 Å². The number of nitrogens with two attached hydrogens (primary N) is 1. The molecule has 2 nitrogen and oxygen atoms in total. The fraction of sp³-hybridized carbons (Fsp3) is 0.167. The number of aromatic nitrogens is 1. The highest BCUT2D eigenvalue weighted by Crippen LogP contribution is 2.36. The third-order valence-electron chi connectivity index (χ3n) is 3.60. The molecule has 0 bridgehead atoms. The zero-order valence-corrected chi connectivity index (χ0v) is 12.8. The molecule has 106 valence electrons. The van der Waals surface area contributed by atoms with Gasteiger partial charge in [0.25, 0.3) is 0 Å². The van der Waals surface area contributed by atoms with Gasteiger partial charge >= 0.3 is 0 Å². The number of aryl methyl sites for hydroxylation is 1. The Kier molecular flexibility index (Phi) is 4.13. The summed E-state index contributed by atoms with van der Waals surface area (Å²) < 4.78 is 0. The van der Waals surface area contributed by atoms with Crippen LogP contribution in [0.25, 0.3) is 0 Å². The molecule has 0 aliphatic heterocycles. The highest BCUT2D eigenvalue weighted by molar-refractivity contribution is 7.09. The summed E-state index contributed by atoms with van der Waals surface area (Å²) >= 11 is 1.64. The predicted molar refractivity (Wildman–Crippen MR) is 88.5 cm³/mol. The Labute approximate surface area is 129 Å². The van der Waals surface area contributed by atoms with Crippen molar-refractivity contribution in [3.8, 4) is 0 Å². The summed E-state index contributed by atoms with van der Waals surface area (Å²) in [5.74, 6) is 0.123. The normalized spacial score (nSPS) is 12.5. The smallest absolute Gasteiger partial charge is 0.111 e. The van der Waals surface area contributed by atoms with Crippen molar-refractivity contribution in [3.05, 3.63) is 87.9 Å². The lowest BCUT2D eigenvalue weighted by Crippen LogP contribution is -2.20. The van der Waals surface area contributed by atoms with Crippen LogP contribution >= 0.6 is 11.3 Å². The standard InChI is InChI=1S/C18H18N2S/c1-13-12-21-18(20-13)17(19)16(14-8-4-2-5-9-14)15-10-6-3-7-11-15/h2-12,16-17H,19H2,1H3. The van der Waals surface area contributed by atoms with E-state index in [-0.39, 0.29) is 12.0 Å². The molecule has 3 heteroatoms. The van der Waals surface area contributed by atoms with Crippen LogP contribution in [0, 0.1) is 6.92 Å². The molecule has 0 fully saturated rings. The van der Waals surface area contributed by atoms with Crippen LogP contribution in [0.5, 0.6) is 0 Å². The monoisotopic (exact) mass is 294 g/mol. The van der Waals surface area contributed by atoms with Crippen LogP contribution in [0.15, 0.2) is 66.0 Å². The summed E-state index contributed by atoms with van der Waals surface area (Å²) in [6.07, 6.45) is 0. The average Bonchev–Trinajstić information content (AvgIpc) is 2.96. The van der Waals surface area contributed by atoms with Gasteiger partial charge in [-0.2, -0.15) is 0 Å². The molecule has 1 aromatic heterocycles. The first-order chi connectivity index (χ1) is 10.3. The molecule has 0 saturated carbocycles. The molecule has 0 aliphatic rings. The van der Waals surface area contributed by atoms with Gasteiger partial charge in [0.05, 0.1) is 6.04 Å². The fourth-order valence-corrected chi connectivity index (χ4v) is 3.43. The van der Waals surface area contributed by atoms with E-state index in [1.807, 2.05) is 19.1 Å². The molecule has 3 aromatic rings. The maximum atomic E-state index is 6.56. The van der Waals surface area contributed by atoms with Crippen molar-refractivity contribution in [1.82, 2.24) is 4.98 Å². The van der Waals surface area contributed by atoms with Gasteiger partial charge < -0.3 is 5.73 Å². The second-order valence-electron chi connectivity index (χ2n) is 5.15. The van der Waals surface area contributed by atoms with Gasteiger partial charge in [-0.25, -0.2) is 4.98 Å². The molecule has 0 aliphatic carbocycles. The van der Waals surface area contributed by atoms with E-state index in [0.717, 1.165) is 10.7 Å². The topological polar surface area (TPSA) is 38.9 Å². The van der Waals surface area contributed by atoms with Crippen molar-refractivity contribution in [1.29, 1.82) is 0 Å². The van der Waals surface area contributed by atoms with E-state index < -0.39 is 0 Å². The maximum absolute atomic E-state index is 6.56. The van der Waals surface area contributed by atoms with Crippen LogP contribution in [-0.4, -0.2) is 4.98 Å². The summed E-state index contributed by atoms with van der Waals surface area (Å²) in [6, 6.07) is 20.7. The Balaban J connectivity index is 2.04. The van der Waals surface area contributed by atoms with Crippen LogP contribution < -0.4 is 5.73 Å². The molecule has 3 rings (SSSR count). The lowest BCUT2D eigenvalue weighted by Gasteiger charge is -2.23. The molecule has 1 atom stereocenters. The van der Waals surface area contributed by atoms with E-state index >= 15 is 0 Å². The summed E-state index contributed by atoms with van der Waals surface area (Å²) in [5.41, 5.74) is 10.0. The summed E-state index contributed by atoms with van der Waals surface area (Å²) in [4.78, 5) is 4.58. The van der Waals surface area contributed by atoms with Gasteiger partial charge in [-0.05, 0) is 18.1 Å². The number of nitrogens with zero attached hydrogens (tertiary/aromatic N) is 1. The maximum Gasteiger partial charge on any atom is 0.111 e. The molecule has 2 aromatic carbocycles. The first-order valence-electron chi connectivity index (χ1n) is 7.03. The van der Waals surface area contributed by atoms with Gasteiger partial charge in [-0.15, -0.1) is 11.3 Å². The van der Waals surface area contributed by atoms with Gasteiger partial charge in [-0.1, -0.05) is 60.7 Å². The van der Waals surface area contributed by atoms with Crippen molar-refractivity contribution in [3.63, 3.8) is 0 Å². The van der Waals surface area contributed by atoms with Crippen molar-refractivity contribution in [2.24, 2.45) is 5.73 Å². The lowest BCUT2D eigenvalue weighted by molar-refractivity contribution is 0.624. The Hall–Kier alpha value is -1.97. The Morgan fingerprint density at radius 1 is 0.905 bits per heavy atom. The first-order valence-corrected chi connectivity index (χ1v) is 7.91. The lowest BCUT2D eigenvalue weighted by atomic mass is 9.85. The van der Waals surface area contributed by atoms with Gasteiger partial charge in [-0.3, -0.25) is 0 Å². The third-order valence-corrected chi connectivity index (χ3v) is 4.66. The predicted octanol–water partition coefficient (Wildman–Crippen LogP) is 4.28. The zero-order valence-electron chi connectivity index (χ0n) is 11.9. The van der Waals surface area contributed by atoms with E-state index in [0.29, 0.717) is 0 Å². The van der Waals surface area contributed by atoms with E-state index in [1.54, 1.807) is 11.3 Å². The summed E-state index contributed by atoms with van der Waals surface area (Å²) in [5, 5.41) is 3.05. The average molecular weight is 294 g/mol. The first kappa shape index (κ1) is 14.0. The minimum Gasteiger partial charge on any atom is -0.321 e. The molecule has 0 radical (unpaired) electrons. The quantitative estimate of drug-likeness (QED) is 0.780. The van der Waals surface area contributed by atoms with Crippen LogP contribution in [0.1, 0.15) is 33.8 Å². The largest absolute Gasteiger partial charge is 0.321 e. The van der Waals surface area contributed by atoms with Crippen LogP contribution in [0.2, 0.25) is 0 Å². The molecule has 0 saturated heterocycles. The van der Waals surface area contributed by atoms with Crippen LogP contribution in [0.3, 0.4) is 0 Å². The second-order valence-corrected chi connectivity index (χ2v) is 6.04. The number of hydrogen-bond acceptors (Lipinski definition) is 3. The van der Waals surface area contributed by atoms with Crippen molar-refractivity contribution in [2.75, 3.05) is 0 Å². The number of thiazole rings is 1. The highest BCUT2D eigenvalue weighted by atomic mass is 32.1. The SMILES string of the molecule is Cc1csc(C(N)C(c2ccccc2)c2ccccc2)n1. The molecular weight excluding hydrogens is 276 g/mol. The van der Waals surface area contributed by atoms with E-state index in [1.165, 1.54) is 11.1 Å². The fourth-order valence-electron chi connectivity index (χ4n) is 2.60. The Morgan fingerprint density at radius 3 is 1.86 bits per heavy atom. The van der Waals surface area contributed by atoms with Crippen LogP contribution in [0.4, 0.5) is 0 Å². The van der Waals surface area contributed by atoms with Gasteiger partial charge in [0.1, 0.15) is 5.01 Å². The Morgan fingerprint density at radius 2 is 1.43 bits per heavy atom. The number of hydrogen-bond donors (Lipinski definition) is 1. The van der Waals surface area contributed by atoms with Crippen molar-refractivity contribution < 1.29 is 0 Å². The van der Waals surface area contributed by atoms with Gasteiger partial charge in [0.15, 0.2) is 0 Å². The van der Waals surface area contributed by atoms with Crippen molar-refractivity contribution in [2.45, 2.75) is 18.9 Å². The molecule has 0 spiro atoms. The third kappa shape index (κ3) is 3.04. The minimum absolute atomic E-state index is 0.123. The van der Waals surface area contributed by atoms with Crippen LogP contribution in [-0.2, 0) is 0 Å². The highest BCUT2D eigenvalue weighted by Gasteiger charge is 2.25. The van der Waals surface area contributed by atoms with E-state index in [4.69, 9.17) is 5.73 Å². The number of benzene rings is 2. The molecule has 1 heterocycles. The Bertz CT molecular complexity index is 652. The molecule has 2 N–H and O–H groups in total.